The van der Waals surface area contributed by atoms with Gasteiger partial charge in [-0.05, 0) is 37.4 Å². The second kappa shape index (κ2) is 7.14. The molecule has 1 saturated carbocycles. The molecule has 2 N–H and O–H groups in total. The maximum absolute atomic E-state index is 11.8. The fourth-order valence-electron chi connectivity index (χ4n) is 2.07. The third kappa shape index (κ3) is 4.91. The predicted molar refractivity (Wildman–Crippen MR) is 76.5 cm³/mol. The van der Waals surface area contributed by atoms with Crippen LogP contribution in [0.25, 0.3) is 0 Å². The summed E-state index contributed by atoms with van der Waals surface area (Å²) < 4.78 is 5.19. The van der Waals surface area contributed by atoms with E-state index in [-0.39, 0.29) is 5.91 Å². The van der Waals surface area contributed by atoms with Crippen LogP contribution in [0.1, 0.15) is 25.7 Å². The molecule has 4 heteroatoms. The SMILES string of the molecule is COc1ccccc1NC(=O)CNCCCC1CC1. The first-order valence-electron chi connectivity index (χ1n) is 6.93. The minimum atomic E-state index is -0.0316. The van der Waals surface area contributed by atoms with Crippen molar-refractivity contribution in [3.05, 3.63) is 24.3 Å². The van der Waals surface area contributed by atoms with Gasteiger partial charge in [0.15, 0.2) is 0 Å². The van der Waals surface area contributed by atoms with Gasteiger partial charge in [-0.3, -0.25) is 4.79 Å². The smallest absolute Gasteiger partial charge is 0.238 e. The Balaban J connectivity index is 1.65. The Morgan fingerprint density at radius 3 is 2.89 bits per heavy atom. The Hall–Kier alpha value is -1.55. The molecule has 0 aromatic heterocycles. The van der Waals surface area contributed by atoms with Crippen molar-refractivity contribution in [3.8, 4) is 5.75 Å². The van der Waals surface area contributed by atoms with Gasteiger partial charge in [0.05, 0.1) is 19.3 Å². The van der Waals surface area contributed by atoms with Gasteiger partial charge in [0.25, 0.3) is 0 Å². The summed E-state index contributed by atoms with van der Waals surface area (Å²) in [6, 6.07) is 7.42. The van der Waals surface area contributed by atoms with Crippen molar-refractivity contribution >= 4 is 11.6 Å². The van der Waals surface area contributed by atoms with Gasteiger partial charge in [0, 0.05) is 0 Å². The van der Waals surface area contributed by atoms with Gasteiger partial charge in [-0.25, -0.2) is 0 Å². The van der Waals surface area contributed by atoms with E-state index < -0.39 is 0 Å². The van der Waals surface area contributed by atoms with Crippen molar-refractivity contribution in [2.24, 2.45) is 5.92 Å². The molecule has 104 valence electrons. The Kier molecular flexibility index (Phi) is 5.21. The molecule has 0 spiro atoms. The summed E-state index contributed by atoms with van der Waals surface area (Å²) in [4.78, 5) is 11.8. The van der Waals surface area contributed by atoms with E-state index in [2.05, 4.69) is 10.6 Å². The summed E-state index contributed by atoms with van der Waals surface area (Å²) in [7, 11) is 1.60. The molecule has 4 nitrogen and oxygen atoms in total. The Morgan fingerprint density at radius 1 is 1.37 bits per heavy atom. The summed E-state index contributed by atoms with van der Waals surface area (Å²) in [6.07, 6.45) is 5.25. The van der Waals surface area contributed by atoms with E-state index in [0.717, 1.165) is 24.6 Å². The molecule has 1 amide bonds. The number of anilines is 1. The normalized spacial score (nSPS) is 14.2. The van der Waals surface area contributed by atoms with Gasteiger partial charge in [-0.2, -0.15) is 0 Å². The molecule has 0 radical (unpaired) electrons. The molecule has 0 saturated heterocycles. The zero-order valence-electron chi connectivity index (χ0n) is 11.4. The fourth-order valence-corrected chi connectivity index (χ4v) is 2.07. The van der Waals surface area contributed by atoms with Crippen LogP contribution in [0.4, 0.5) is 5.69 Å². The van der Waals surface area contributed by atoms with Crippen LogP contribution < -0.4 is 15.4 Å². The molecule has 1 aromatic rings. The van der Waals surface area contributed by atoms with Crippen molar-refractivity contribution in [2.75, 3.05) is 25.5 Å². The van der Waals surface area contributed by atoms with E-state index in [1.165, 1.54) is 19.3 Å². The summed E-state index contributed by atoms with van der Waals surface area (Å²) in [6.45, 7) is 1.26. The fraction of sp³-hybridized carbons (Fsp3) is 0.533. The predicted octanol–water partition coefficient (Wildman–Crippen LogP) is 2.41. The van der Waals surface area contributed by atoms with Gasteiger partial charge in [-0.15, -0.1) is 0 Å². The number of carbonyl (C=O) groups excluding carboxylic acids is 1. The summed E-state index contributed by atoms with van der Waals surface area (Å²) in [5, 5.41) is 6.02. The number of benzene rings is 1. The minimum absolute atomic E-state index is 0.0316. The van der Waals surface area contributed by atoms with Crippen LogP contribution in [-0.2, 0) is 4.79 Å². The highest BCUT2D eigenvalue weighted by molar-refractivity contribution is 5.93. The lowest BCUT2D eigenvalue weighted by Gasteiger charge is -2.10. The number of hydrogen-bond donors (Lipinski definition) is 2. The number of ether oxygens (including phenoxy) is 1. The summed E-state index contributed by atoms with van der Waals surface area (Å²) >= 11 is 0. The lowest BCUT2D eigenvalue weighted by molar-refractivity contribution is -0.115. The molecule has 0 atom stereocenters. The van der Waals surface area contributed by atoms with Gasteiger partial charge >= 0.3 is 0 Å². The first-order chi connectivity index (χ1) is 9.29. The van der Waals surface area contributed by atoms with Crippen molar-refractivity contribution in [3.63, 3.8) is 0 Å². The van der Waals surface area contributed by atoms with Crippen molar-refractivity contribution in [2.45, 2.75) is 25.7 Å². The van der Waals surface area contributed by atoms with E-state index in [1.54, 1.807) is 7.11 Å². The van der Waals surface area contributed by atoms with E-state index >= 15 is 0 Å². The molecule has 0 bridgehead atoms. The maximum atomic E-state index is 11.8. The van der Waals surface area contributed by atoms with Crippen LogP contribution in [0, 0.1) is 5.92 Å². The Morgan fingerprint density at radius 2 is 2.16 bits per heavy atom. The van der Waals surface area contributed by atoms with Crippen LogP contribution in [0.5, 0.6) is 5.75 Å². The van der Waals surface area contributed by atoms with Gasteiger partial charge < -0.3 is 15.4 Å². The molecule has 1 aliphatic rings. The molecule has 2 rings (SSSR count). The summed E-state index contributed by atoms with van der Waals surface area (Å²) in [5.41, 5.74) is 0.717. The summed E-state index contributed by atoms with van der Waals surface area (Å²) in [5.74, 6) is 1.62. The topological polar surface area (TPSA) is 50.4 Å². The van der Waals surface area contributed by atoms with Gasteiger partial charge in [-0.1, -0.05) is 25.0 Å². The number of para-hydroxylation sites is 2. The first-order valence-corrected chi connectivity index (χ1v) is 6.93. The molecular weight excluding hydrogens is 240 g/mol. The minimum Gasteiger partial charge on any atom is -0.495 e. The average molecular weight is 262 g/mol. The number of methoxy groups -OCH3 is 1. The van der Waals surface area contributed by atoms with Crippen LogP contribution >= 0.6 is 0 Å². The largest absolute Gasteiger partial charge is 0.495 e. The molecule has 1 aromatic carbocycles. The quantitative estimate of drug-likeness (QED) is 0.707. The number of carbonyl (C=O) groups is 1. The highest BCUT2D eigenvalue weighted by Gasteiger charge is 2.19. The molecule has 19 heavy (non-hydrogen) atoms. The lowest BCUT2D eigenvalue weighted by atomic mass is 10.2. The molecule has 0 unspecified atom stereocenters. The maximum Gasteiger partial charge on any atom is 0.238 e. The van der Waals surface area contributed by atoms with Crippen molar-refractivity contribution < 1.29 is 9.53 Å². The van der Waals surface area contributed by atoms with Crippen LogP contribution in [0.15, 0.2) is 24.3 Å². The van der Waals surface area contributed by atoms with Crippen molar-refractivity contribution in [1.29, 1.82) is 0 Å². The van der Waals surface area contributed by atoms with Crippen molar-refractivity contribution in [1.82, 2.24) is 5.32 Å². The highest BCUT2D eigenvalue weighted by atomic mass is 16.5. The van der Waals surface area contributed by atoms with Gasteiger partial charge in [0.2, 0.25) is 5.91 Å². The second-order valence-corrected chi connectivity index (χ2v) is 5.01. The third-order valence-corrected chi connectivity index (χ3v) is 3.33. The van der Waals surface area contributed by atoms with Crippen LogP contribution in [0.3, 0.4) is 0 Å². The molecule has 1 aliphatic carbocycles. The molecular formula is C15H22N2O2. The zero-order chi connectivity index (χ0) is 13.5. The monoisotopic (exact) mass is 262 g/mol. The van der Waals surface area contributed by atoms with Crippen LogP contribution in [-0.4, -0.2) is 26.1 Å². The number of amides is 1. The van der Waals surface area contributed by atoms with E-state index in [9.17, 15) is 4.79 Å². The zero-order valence-corrected chi connectivity index (χ0v) is 11.4. The molecule has 0 aliphatic heterocycles. The Bertz CT molecular complexity index is 416. The number of rotatable bonds is 8. The van der Waals surface area contributed by atoms with Crippen LogP contribution in [0.2, 0.25) is 0 Å². The third-order valence-electron chi connectivity index (χ3n) is 3.33. The second-order valence-electron chi connectivity index (χ2n) is 5.01. The number of hydrogen-bond acceptors (Lipinski definition) is 3. The van der Waals surface area contributed by atoms with E-state index in [0.29, 0.717) is 12.3 Å². The van der Waals surface area contributed by atoms with E-state index in [1.807, 2.05) is 24.3 Å². The van der Waals surface area contributed by atoms with E-state index in [4.69, 9.17) is 4.74 Å². The average Bonchev–Trinajstić information content (AvgIpc) is 3.23. The molecule has 0 heterocycles. The number of nitrogens with one attached hydrogen (secondary N) is 2. The highest BCUT2D eigenvalue weighted by Crippen LogP contribution is 2.33. The van der Waals surface area contributed by atoms with Gasteiger partial charge in [0.1, 0.15) is 5.75 Å². The standard InChI is InChI=1S/C15H22N2O2/c1-19-14-7-3-2-6-13(14)17-15(18)11-16-10-4-5-12-8-9-12/h2-3,6-7,12,16H,4-5,8-11H2,1H3,(H,17,18). The molecule has 1 fully saturated rings. The first kappa shape index (κ1) is 13.9. The Labute approximate surface area is 114 Å². The lowest BCUT2D eigenvalue weighted by Crippen LogP contribution is -2.28.